The average molecular weight is 428 g/mol. The van der Waals surface area contributed by atoms with Crippen LogP contribution in [0, 0.1) is 0 Å². The molecule has 0 radical (unpaired) electrons. The maximum absolute atomic E-state index is 13.3. The van der Waals surface area contributed by atoms with E-state index in [1.807, 2.05) is 42.6 Å². The van der Waals surface area contributed by atoms with Crippen molar-refractivity contribution in [3.8, 4) is 11.1 Å². The molecule has 0 aliphatic carbocycles. The summed E-state index contributed by atoms with van der Waals surface area (Å²) in [6.45, 7) is 4.98. The Kier molecular flexibility index (Phi) is 7.63. The quantitative estimate of drug-likeness (QED) is 0.497. The number of fused-ring (bicyclic) bond motifs is 1. The maximum atomic E-state index is 13.3. The SMILES string of the molecule is CCCCCn1c(=O)n(CC(=O)NCCCC)c(=O)c2c(-c3ccccc3)csc21. The van der Waals surface area contributed by atoms with E-state index in [9.17, 15) is 14.4 Å². The highest BCUT2D eigenvalue weighted by Gasteiger charge is 2.20. The number of amides is 1. The minimum atomic E-state index is -0.407. The standard InChI is InChI=1S/C23H29N3O3S/c1-3-5-10-14-25-22-20(18(16-30-22)17-11-8-7-9-12-17)21(28)26(23(25)29)15-19(27)24-13-6-4-2/h7-9,11-12,16H,3-6,10,13-15H2,1-2H3,(H,24,27). The van der Waals surface area contributed by atoms with Crippen LogP contribution >= 0.6 is 11.3 Å². The van der Waals surface area contributed by atoms with E-state index >= 15 is 0 Å². The van der Waals surface area contributed by atoms with Crippen molar-refractivity contribution >= 4 is 27.5 Å². The number of nitrogens with zero attached hydrogens (tertiary/aromatic N) is 2. The van der Waals surface area contributed by atoms with Crippen LogP contribution in [0.5, 0.6) is 0 Å². The first-order valence-electron chi connectivity index (χ1n) is 10.6. The highest BCUT2D eigenvalue weighted by Crippen LogP contribution is 2.31. The maximum Gasteiger partial charge on any atom is 0.332 e. The van der Waals surface area contributed by atoms with Gasteiger partial charge in [0, 0.05) is 24.0 Å². The number of carbonyl (C=O) groups is 1. The molecule has 0 aliphatic heterocycles. The predicted octanol–water partition coefficient (Wildman–Crippen LogP) is 4.00. The van der Waals surface area contributed by atoms with Crippen LogP contribution in [0.1, 0.15) is 46.0 Å². The van der Waals surface area contributed by atoms with Gasteiger partial charge in [0.25, 0.3) is 5.56 Å². The number of carbonyl (C=O) groups excluding carboxylic acids is 1. The van der Waals surface area contributed by atoms with Crippen molar-refractivity contribution in [3.63, 3.8) is 0 Å². The van der Waals surface area contributed by atoms with Crippen LogP contribution in [0.4, 0.5) is 0 Å². The Morgan fingerprint density at radius 2 is 1.73 bits per heavy atom. The van der Waals surface area contributed by atoms with Crippen molar-refractivity contribution in [1.29, 1.82) is 0 Å². The van der Waals surface area contributed by atoms with Crippen molar-refractivity contribution in [2.75, 3.05) is 6.54 Å². The molecule has 3 rings (SSSR count). The largest absolute Gasteiger partial charge is 0.355 e. The average Bonchev–Trinajstić information content (AvgIpc) is 3.19. The number of benzene rings is 1. The molecule has 160 valence electrons. The molecular formula is C23H29N3O3S. The molecule has 0 saturated heterocycles. The topological polar surface area (TPSA) is 73.1 Å². The van der Waals surface area contributed by atoms with Crippen LogP contribution in [-0.2, 0) is 17.9 Å². The van der Waals surface area contributed by atoms with Crippen LogP contribution < -0.4 is 16.6 Å². The predicted molar refractivity (Wildman–Crippen MR) is 123 cm³/mol. The van der Waals surface area contributed by atoms with E-state index in [0.717, 1.165) is 47.8 Å². The lowest BCUT2D eigenvalue weighted by Gasteiger charge is -2.13. The number of rotatable bonds is 10. The fraction of sp³-hybridized carbons (Fsp3) is 0.435. The molecule has 0 unspecified atom stereocenters. The van der Waals surface area contributed by atoms with Crippen molar-refractivity contribution < 1.29 is 4.79 Å². The molecule has 0 aliphatic rings. The van der Waals surface area contributed by atoms with Gasteiger partial charge in [0.05, 0.1) is 5.39 Å². The first kappa shape index (κ1) is 22.0. The van der Waals surface area contributed by atoms with E-state index in [-0.39, 0.29) is 12.5 Å². The Morgan fingerprint density at radius 3 is 2.43 bits per heavy atom. The van der Waals surface area contributed by atoms with Gasteiger partial charge in [-0.25, -0.2) is 4.79 Å². The second-order valence-electron chi connectivity index (χ2n) is 7.43. The Hall–Kier alpha value is -2.67. The molecule has 30 heavy (non-hydrogen) atoms. The molecule has 0 saturated carbocycles. The molecule has 1 amide bonds. The zero-order valence-electron chi connectivity index (χ0n) is 17.6. The summed E-state index contributed by atoms with van der Waals surface area (Å²) in [5.41, 5.74) is 0.937. The summed E-state index contributed by atoms with van der Waals surface area (Å²) >= 11 is 1.42. The second kappa shape index (κ2) is 10.4. The first-order valence-corrected chi connectivity index (χ1v) is 11.5. The first-order chi connectivity index (χ1) is 14.6. The van der Waals surface area contributed by atoms with E-state index in [4.69, 9.17) is 0 Å². The fourth-order valence-electron chi connectivity index (χ4n) is 3.50. The number of aryl methyl sites for hydroxylation is 1. The third-order valence-electron chi connectivity index (χ3n) is 5.16. The molecule has 0 fully saturated rings. The Morgan fingerprint density at radius 1 is 1.00 bits per heavy atom. The molecule has 1 N–H and O–H groups in total. The van der Waals surface area contributed by atoms with E-state index in [0.29, 0.717) is 23.3 Å². The van der Waals surface area contributed by atoms with Gasteiger partial charge >= 0.3 is 5.69 Å². The van der Waals surface area contributed by atoms with Gasteiger partial charge in [0.2, 0.25) is 5.91 Å². The van der Waals surface area contributed by atoms with E-state index in [1.54, 1.807) is 4.57 Å². The lowest BCUT2D eigenvalue weighted by Crippen LogP contribution is -2.43. The van der Waals surface area contributed by atoms with Crippen molar-refractivity contribution in [2.24, 2.45) is 0 Å². The molecule has 0 spiro atoms. The van der Waals surface area contributed by atoms with Crippen LogP contribution in [0.3, 0.4) is 0 Å². The zero-order valence-corrected chi connectivity index (χ0v) is 18.5. The van der Waals surface area contributed by atoms with Gasteiger partial charge in [0.1, 0.15) is 11.4 Å². The fourth-order valence-corrected chi connectivity index (χ4v) is 4.59. The minimum Gasteiger partial charge on any atom is -0.355 e. The minimum absolute atomic E-state index is 0.255. The lowest BCUT2D eigenvalue weighted by atomic mass is 10.1. The third-order valence-corrected chi connectivity index (χ3v) is 6.16. The van der Waals surface area contributed by atoms with Gasteiger partial charge < -0.3 is 5.32 Å². The van der Waals surface area contributed by atoms with Crippen LogP contribution in [0.15, 0.2) is 45.3 Å². The van der Waals surface area contributed by atoms with E-state index in [2.05, 4.69) is 12.2 Å². The summed E-state index contributed by atoms with van der Waals surface area (Å²) in [5.74, 6) is -0.307. The summed E-state index contributed by atoms with van der Waals surface area (Å²) in [6, 6.07) is 9.69. The second-order valence-corrected chi connectivity index (χ2v) is 8.29. The summed E-state index contributed by atoms with van der Waals surface area (Å²) in [6.07, 6.45) is 4.72. The summed E-state index contributed by atoms with van der Waals surface area (Å²) < 4.78 is 2.76. The molecule has 0 bridgehead atoms. The Balaban J connectivity index is 2.11. The summed E-state index contributed by atoms with van der Waals surface area (Å²) in [5, 5.41) is 5.25. The lowest BCUT2D eigenvalue weighted by molar-refractivity contribution is -0.121. The molecule has 2 aromatic heterocycles. The molecule has 3 aromatic rings. The van der Waals surface area contributed by atoms with Gasteiger partial charge in [0.15, 0.2) is 0 Å². The van der Waals surface area contributed by atoms with Gasteiger partial charge in [-0.05, 0) is 18.4 Å². The molecule has 1 aromatic carbocycles. The third kappa shape index (κ3) is 4.73. The number of unbranched alkanes of at least 4 members (excludes halogenated alkanes) is 3. The van der Waals surface area contributed by atoms with Gasteiger partial charge in [-0.3, -0.25) is 18.7 Å². The van der Waals surface area contributed by atoms with Crippen LogP contribution in [-0.4, -0.2) is 21.6 Å². The number of hydrogen-bond acceptors (Lipinski definition) is 4. The number of thiophene rings is 1. The normalized spacial score (nSPS) is 11.1. The van der Waals surface area contributed by atoms with E-state index in [1.165, 1.54) is 11.3 Å². The zero-order chi connectivity index (χ0) is 21.5. The molecule has 0 atom stereocenters. The number of hydrogen-bond donors (Lipinski definition) is 1. The van der Waals surface area contributed by atoms with Crippen molar-refractivity contribution in [3.05, 3.63) is 56.5 Å². The summed E-state index contributed by atoms with van der Waals surface area (Å²) in [4.78, 5) is 39.5. The highest BCUT2D eigenvalue weighted by molar-refractivity contribution is 7.17. The van der Waals surface area contributed by atoms with Crippen molar-refractivity contribution in [2.45, 2.75) is 59.0 Å². The molecular weight excluding hydrogens is 398 g/mol. The van der Waals surface area contributed by atoms with E-state index < -0.39 is 11.2 Å². The number of nitrogens with one attached hydrogen (secondary N) is 1. The molecule has 6 nitrogen and oxygen atoms in total. The smallest absolute Gasteiger partial charge is 0.332 e. The van der Waals surface area contributed by atoms with Crippen molar-refractivity contribution in [1.82, 2.24) is 14.5 Å². The number of aromatic nitrogens is 2. The summed E-state index contributed by atoms with van der Waals surface area (Å²) in [7, 11) is 0. The molecule has 2 heterocycles. The monoisotopic (exact) mass is 427 g/mol. The highest BCUT2D eigenvalue weighted by atomic mass is 32.1. The van der Waals surface area contributed by atoms with Crippen LogP contribution in [0.25, 0.3) is 21.3 Å². The van der Waals surface area contributed by atoms with Gasteiger partial charge in [-0.1, -0.05) is 63.4 Å². The van der Waals surface area contributed by atoms with Gasteiger partial charge in [-0.2, -0.15) is 0 Å². The molecule has 7 heteroatoms. The Labute approximate surface area is 180 Å². The van der Waals surface area contributed by atoms with Gasteiger partial charge in [-0.15, -0.1) is 11.3 Å². The van der Waals surface area contributed by atoms with Crippen LogP contribution in [0.2, 0.25) is 0 Å². The Bertz CT molecular complexity index is 1110.